The minimum atomic E-state index is -0.554. The van der Waals surface area contributed by atoms with Crippen LogP contribution in [0.4, 0.5) is 20.6 Å². The number of benzene rings is 1. The van der Waals surface area contributed by atoms with Crippen LogP contribution in [0.1, 0.15) is 25.8 Å². The van der Waals surface area contributed by atoms with Crippen LogP contribution in [0, 0.1) is 11.7 Å². The van der Waals surface area contributed by atoms with E-state index in [-0.39, 0.29) is 23.5 Å². The van der Waals surface area contributed by atoms with E-state index in [1.54, 1.807) is 26.2 Å². The van der Waals surface area contributed by atoms with Gasteiger partial charge in [-0.15, -0.1) is 0 Å². The number of aryl methyl sites for hydroxylation is 1. The van der Waals surface area contributed by atoms with Gasteiger partial charge in [0.1, 0.15) is 5.82 Å². The molecule has 0 radical (unpaired) electrons. The SMILES string of the molecule is CC(C)C(=O)Nc1cc(NC(=O)NCCCc2cccnc2)ccc1F. The van der Waals surface area contributed by atoms with Crippen LogP contribution < -0.4 is 16.0 Å². The zero-order valence-corrected chi connectivity index (χ0v) is 14.9. The second-order valence-corrected chi connectivity index (χ2v) is 6.18. The first-order chi connectivity index (χ1) is 12.5. The third-order valence-electron chi connectivity index (χ3n) is 3.66. The number of urea groups is 1. The molecule has 0 aliphatic carbocycles. The summed E-state index contributed by atoms with van der Waals surface area (Å²) >= 11 is 0. The topological polar surface area (TPSA) is 83.1 Å². The van der Waals surface area contributed by atoms with E-state index in [4.69, 9.17) is 0 Å². The number of hydrogen-bond donors (Lipinski definition) is 3. The van der Waals surface area contributed by atoms with E-state index in [1.165, 1.54) is 18.2 Å². The molecule has 7 heteroatoms. The van der Waals surface area contributed by atoms with E-state index in [0.717, 1.165) is 18.4 Å². The van der Waals surface area contributed by atoms with E-state index in [9.17, 15) is 14.0 Å². The maximum atomic E-state index is 13.8. The Kier molecular flexibility index (Phi) is 7.08. The first kappa shape index (κ1) is 19.4. The summed E-state index contributed by atoms with van der Waals surface area (Å²) in [5.41, 5.74) is 1.55. The molecular weight excluding hydrogens is 335 g/mol. The Hall–Kier alpha value is -2.96. The number of nitrogens with one attached hydrogen (secondary N) is 3. The van der Waals surface area contributed by atoms with Crippen LogP contribution in [-0.4, -0.2) is 23.5 Å². The van der Waals surface area contributed by atoms with E-state index >= 15 is 0 Å². The van der Waals surface area contributed by atoms with Crippen molar-refractivity contribution in [3.05, 3.63) is 54.1 Å². The van der Waals surface area contributed by atoms with Gasteiger partial charge in [0, 0.05) is 30.5 Å². The Labute approximate surface area is 152 Å². The molecule has 0 unspecified atom stereocenters. The first-order valence-corrected chi connectivity index (χ1v) is 8.50. The minimum absolute atomic E-state index is 0.0399. The predicted molar refractivity (Wildman–Crippen MR) is 99.4 cm³/mol. The van der Waals surface area contributed by atoms with Crippen molar-refractivity contribution < 1.29 is 14.0 Å². The number of amides is 3. The summed E-state index contributed by atoms with van der Waals surface area (Å²) < 4.78 is 13.8. The van der Waals surface area contributed by atoms with Gasteiger partial charge in [-0.2, -0.15) is 0 Å². The van der Waals surface area contributed by atoms with Crippen LogP contribution in [0.5, 0.6) is 0 Å². The first-order valence-electron chi connectivity index (χ1n) is 8.50. The average Bonchev–Trinajstić information content (AvgIpc) is 2.62. The van der Waals surface area contributed by atoms with Crippen molar-refractivity contribution in [2.45, 2.75) is 26.7 Å². The minimum Gasteiger partial charge on any atom is -0.338 e. The zero-order valence-electron chi connectivity index (χ0n) is 14.9. The quantitative estimate of drug-likeness (QED) is 0.662. The molecule has 0 saturated heterocycles. The van der Waals surface area contributed by atoms with E-state index < -0.39 is 5.82 Å². The summed E-state index contributed by atoms with van der Waals surface area (Å²) in [5, 5.41) is 7.88. The molecule has 0 spiro atoms. The number of rotatable bonds is 7. The molecule has 1 heterocycles. The van der Waals surface area contributed by atoms with E-state index in [2.05, 4.69) is 20.9 Å². The van der Waals surface area contributed by atoms with Gasteiger partial charge in [0.15, 0.2) is 0 Å². The van der Waals surface area contributed by atoms with Crippen molar-refractivity contribution >= 4 is 23.3 Å². The van der Waals surface area contributed by atoms with Gasteiger partial charge in [-0.05, 0) is 42.7 Å². The summed E-state index contributed by atoms with van der Waals surface area (Å²) in [6.45, 7) is 3.93. The van der Waals surface area contributed by atoms with E-state index in [1.807, 2.05) is 12.1 Å². The van der Waals surface area contributed by atoms with Gasteiger partial charge in [-0.1, -0.05) is 19.9 Å². The lowest BCUT2D eigenvalue weighted by atomic mass is 10.1. The number of hydrogen-bond acceptors (Lipinski definition) is 3. The standard InChI is InChI=1S/C19H23FN4O2/c1-13(2)18(25)24-17-11-15(7-8-16(17)20)23-19(26)22-10-4-6-14-5-3-9-21-12-14/h3,5,7-9,11-13H,4,6,10H2,1-2H3,(H,24,25)(H2,22,23,26). The summed E-state index contributed by atoms with van der Waals surface area (Å²) in [6.07, 6.45) is 5.11. The highest BCUT2D eigenvalue weighted by molar-refractivity contribution is 5.94. The fraction of sp³-hybridized carbons (Fsp3) is 0.316. The van der Waals surface area contributed by atoms with Gasteiger partial charge < -0.3 is 16.0 Å². The third-order valence-corrected chi connectivity index (χ3v) is 3.66. The van der Waals surface area contributed by atoms with Crippen LogP contribution >= 0.6 is 0 Å². The van der Waals surface area contributed by atoms with Crippen molar-refractivity contribution in [1.29, 1.82) is 0 Å². The Bertz CT molecular complexity index is 750. The lowest BCUT2D eigenvalue weighted by molar-refractivity contribution is -0.118. The number of carbonyl (C=O) groups excluding carboxylic acids is 2. The normalized spacial score (nSPS) is 10.5. The number of nitrogens with zero attached hydrogens (tertiary/aromatic N) is 1. The van der Waals surface area contributed by atoms with Gasteiger partial charge in [0.2, 0.25) is 5.91 Å². The molecule has 1 aromatic heterocycles. The molecule has 0 fully saturated rings. The highest BCUT2D eigenvalue weighted by atomic mass is 19.1. The van der Waals surface area contributed by atoms with Crippen molar-refractivity contribution in [1.82, 2.24) is 10.3 Å². The molecule has 6 nitrogen and oxygen atoms in total. The van der Waals surface area contributed by atoms with Crippen molar-refractivity contribution in [2.24, 2.45) is 5.92 Å². The van der Waals surface area contributed by atoms with Crippen molar-refractivity contribution in [3.8, 4) is 0 Å². The van der Waals surface area contributed by atoms with Crippen LogP contribution in [0.3, 0.4) is 0 Å². The predicted octanol–water partition coefficient (Wildman–Crippen LogP) is 3.57. The van der Waals surface area contributed by atoms with Gasteiger partial charge >= 0.3 is 6.03 Å². The highest BCUT2D eigenvalue weighted by Gasteiger charge is 2.12. The van der Waals surface area contributed by atoms with Crippen molar-refractivity contribution in [2.75, 3.05) is 17.2 Å². The second kappa shape index (κ2) is 9.50. The van der Waals surface area contributed by atoms with E-state index in [0.29, 0.717) is 12.2 Å². The number of halogens is 1. The fourth-order valence-corrected chi connectivity index (χ4v) is 2.19. The maximum Gasteiger partial charge on any atom is 0.319 e. The number of anilines is 2. The number of aromatic nitrogens is 1. The zero-order chi connectivity index (χ0) is 18.9. The molecule has 3 amide bonds. The summed E-state index contributed by atoms with van der Waals surface area (Å²) in [5.74, 6) is -1.11. The fourth-order valence-electron chi connectivity index (χ4n) is 2.19. The molecule has 1 aromatic carbocycles. The molecule has 0 bridgehead atoms. The molecule has 2 rings (SSSR count). The lowest BCUT2D eigenvalue weighted by Crippen LogP contribution is -2.29. The molecule has 0 saturated carbocycles. The molecular formula is C19H23FN4O2. The van der Waals surface area contributed by atoms with Crippen LogP contribution in [0.15, 0.2) is 42.7 Å². The van der Waals surface area contributed by atoms with Gasteiger partial charge in [-0.25, -0.2) is 9.18 Å². The summed E-state index contributed by atoms with van der Waals surface area (Å²) in [4.78, 5) is 27.7. The monoisotopic (exact) mass is 358 g/mol. The highest BCUT2D eigenvalue weighted by Crippen LogP contribution is 2.20. The van der Waals surface area contributed by atoms with Gasteiger partial charge in [0.25, 0.3) is 0 Å². The Morgan fingerprint density at radius 3 is 2.69 bits per heavy atom. The molecule has 26 heavy (non-hydrogen) atoms. The lowest BCUT2D eigenvalue weighted by Gasteiger charge is -2.12. The molecule has 0 atom stereocenters. The molecule has 3 N–H and O–H groups in total. The summed E-state index contributed by atoms with van der Waals surface area (Å²) in [7, 11) is 0. The van der Waals surface area contributed by atoms with Gasteiger partial charge in [0.05, 0.1) is 5.69 Å². The smallest absolute Gasteiger partial charge is 0.319 e. The Balaban J connectivity index is 1.81. The largest absolute Gasteiger partial charge is 0.338 e. The Morgan fingerprint density at radius 1 is 1.19 bits per heavy atom. The van der Waals surface area contributed by atoms with Crippen LogP contribution in [-0.2, 0) is 11.2 Å². The van der Waals surface area contributed by atoms with Crippen molar-refractivity contribution in [3.63, 3.8) is 0 Å². The Morgan fingerprint density at radius 2 is 2.00 bits per heavy atom. The molecule has 138 valence electrons. The molecule has 0 aliphatic rings. The summed E-state index contributed by atoms with van der Waals surface area (Å²) in [6, 6.07) is 7.51. The van der Waals surface area contributed by atoms with Gasteiger partial charge in [-0.3, -0.25) is 9.78 Å². The molecule has 2 aromatic rings. The van der Waals surface area contributed by atoms with Crippen LogP contribution in [0.2, 0.25) is 0 Å². The maximum absolute atomic E-state index is 13.8. The second-order valence-electron chi connectivity index (χ2n) is 6.18. The average molecular weight is 358 g/mol. The molecule has 0 aliphatic heterocycles. The number of pyridine rings is 1. The number of carbonyl (C=O) groups is 2. The van der Waals surface area contributed by atoms with Crippen LogP contribution in [0.25, 0.3) is 0 Å². The third kappa shape index (κ3) is 6.16.